The molecule has 0 saturated carbocycles. The molecule has 200 valence electrons. The zero-order chi connectivity index (χ0) is 27.1. The quantitative estimate of drug-likeness (QED) is 0.255. The van der Waals surface area contributed by atoms with Crippen molar-refractivity contribution in [2.75, 3.05) is 19.7 Å². The van der Waals surface area contributed by atoms with Crippen LogP contribution in [-0.4, -0.2) is 42.7 Å². The Morgan fingerprint density at radius 2 is 1.70 bits per heavy atom. The number of ether oxygens (including phenoxy) is 1. The van der Waals surface area contributed by atoms with Gasteiger partial charge in [-0.3, -0.25) is 4.90 Å². The molecule has 1 heterocycles. The molecule has 3 rings (SSSR count). The highest BCUT2D eigenvalue weighted by molar-refractivity contribution is 5.76. The fraction of sp³-hybridized carbons (Fsp3) is 0.360. The highest BCUT2D eigenvalue weighted by atomic mass is 19.4. The Hall–Kier alpha value is -3.54. The summed E-state index contributed by atoms with van der Waals surface area (Å²) in [6.45, 7) is 1.86. The third kappa shape index (κ3) is 8.52. The molecule has 2 aromatic rings. The number of halogens is 6. The lowest BCUT2D eigenvalue weighted by molar-refractivity contribution is -0.285. The van der Waals surface area contributed by atoms with E-state index in [-0.39, 0.29) is 19.4 Å². The van der Waals surface area contributed by atoms with Crippen molar-refractivity contribution in [3.63, 3.8) is 0 Å². The van der Waals surface area contributed by atoms with Crippen molar-refractivity contribution in [1.29, 1.82) is 0 Å². The number of carbonyl (C=O) groups is 2. The molecule has 0 bridgehead atoms. The zero-order valence-electron chi connectivity index (χ0n) is 19.4. The standard InChI is InChI=1S/C25H23F6NO5/c26-24(27,28)19-10-8-17(9-11-19)4-3-15-35-21-6-1-5-18-12-14-32(16-20(18)21)13-2-7-22(33)36-37-23(34)25(29,30)31/h1,3-6,8-11H,2,7,12-16H2/b4-3+. The van der Waals surface area contributed by atoms with Crippen LogP contribution < -0.4 is 4.74 Å². The summed E-state index contributed by atoms with van der Waals surface area (Å²) in [5, 5.41) is 0. The predicted octanol–water partition coefficient (Wildman–Crippen LogP) is 5.50. The maximum absolute atomic E-state index is 12.7. The van der Waals surface area contributed by atoms with E-state index in [1.807, 2.05) is 17.0 Å². The number of alkyl halides is 6. The van der Waals surface area contributed by atoms with Crippen LogP contribution in [0.1, 0.15) is 35.1 Å². The highest BCUT2D eigenvalue weighted by Gasteiger charge is 2.43. The van der Waals surface area contributed by atoms with Crippen LogP contribution in [0.3, 0.4) is 0 Å². The average Bonchev–Trinajstić information content (AvgIpc) is 2.84. The molecule has 1 aliphatic heterocycles. The lowest BCUT2D eigenvalue weighted by atomic mass is 9.98. The third-order valence-corrected chi connectivity index (χ3v) is 5.49. The maximum atomic E-state index is 12.7. The molecule has 0 radical (unpaired) electrons. The van der Waals surface area contributed by atoms with Crippen LogP contribution in [0.15, 0.2) is 48.5 Å². The van der Waals surface area contributed by atoms with Gasteiger partial charge in [0.15, 0.2) is 0 Å². The van der Waals surface area contributed by atoms with Crippen LogP contribution in [-0.2, 0) is 38.5 Å². The van der Waals surface area contributed by atoms with Crippen LogP contribution in [0.5, 0.6) is 5.75 Å². The molecule has 0 unspecified atom stereocenters. The molecule has 0 fully saturated rings. The van der Waals surface area contributed by atoms with E-state index in [0.29, 0.717) is 30.9 Å². The van der Waals surface area contributed by atoms with E-state index in [4.69, 9.17) is 4.74 Å². The lowest BCUT2D eigenvalue weighted by Gasteiger charge is -2.29. The second kappa shape index (κ2) is 12.1. The lowest BCUT2D eigenvalue weighted by Crippen LogP contribution is -2.32. The van der Waals surface area contributed by atoms with Gasteiger partial charge in [-0.1, -0.05) is 30.3 Å². The first-order chi connectivity index (χ1) is 17.4. The van der Waals surface area contributed by atoms with Gasteiger partial charge >= 0.3 is 24.3 Å². The minimum Gasteiger partial charge on any atom is -0.489 e. The Morgan fingerprint density at radius 1 is 0.973 bits per heavy atom. The Balaban J connectivity index is 1.46. The molecule has 37 heavy (non-hydrogen) atoms. The summed E-state index contributed by atoms with van der Waals surface area (Å²) in [6, 6.07) is 10.4. The molecular weight excluding hydrogens is 508 g/mol. The number of rotatable bonds is 8. The highest BCUT2D eigenvalue weighted by Crippen LogP contribution is 2.30. The van der Waals surface area contributed by atoms with E-state index >= 15 is 0 Å². The second-order valence-corrected chi connectivity index (χ2v) is 8.18. The molecule has 1 aliphatic rings. The van der Waals surface area contributed by atoms with Crippen molar-refractivity contribution < 1.29 is 50.4 Å². The van der Waals surface area contributed by atoms with E-state index in [9.17, 15) is 35.9 Å². The summed E-state index contributed by atoms with van der Waals surface area (Å²) in [4.78, 5) is 31.5. The summed E-state index contributed by atoms with van der Waals surface area (Å²) < 4.78 is 80.0. The van der Waals surface area contributed by atoms with Crippen LogP contribution in [0.4, 0.5) is 26.3 Å². The van der Waals surface area contributed by atoms with Crippen molar-refractivity contribution >= 4 is 18.0 Å². The van der Waals surface area contributed by atoms with E-state index in [1.54, 1.807) is 18.2 Å². The molecule has 0 amide bonds. The maximum Gasteiger partial charge on any atom is 0.495 e. The molecular formula is C25H23F6NO5. The zero-order valence-corrected chi connectivity index (χ0v) is 19.4. The SMILES string of the molecule is O=C(CCCN1CCc2cccc(OC/C=C/c3ccc(C(F)(F)F)cc3)c2C1)OOC(=O)C(F)(F)F. The first kappa shape index (κ1) is 28.0. The molecule has 0 saturated heterocycles. The van der Waals surface area contributed by atoms with Crippen molar-refractivity contribution in [2.24, 2.45) is 0 Å². The van der Waals surface area contributed by atoms with E-state index in [2.05, 4.69) is 9.78 Å². The molecule has 2 aromatic carbocycles. The number of nitrogens with zero attached hydrogens (tertiary/aromatic N) is 1. The first-order valence-electron chi connectivity index (χ1n) is 11.2. The average molecular weight is 531 g/mol. The van der Waals surface area contributed by atoms with Crippen molar-refractivity contribution in [1.82, 2.24) is 4.90 Å². The smallest absolute Gasteiger partial charge is 0.489 e. The van der Waals surface area contributed by atoms with E-state index in [1.165, 1.54) is 12.1 Å². The van der Waals surface area contributed by atoms with Gasteiger partial charge in [0.05, 0.1) is 12.0 Å². The third-order valence-electron chi connectivity index (χ3n) is 5.49. The van der Waals surface area contributed by atoms with Crippen molar-refractivity contribution in [3.8, 4) is 5.75 Å². The normalized spacial score (nSPS) is 14.3. The predicted molar refractivity (Wildman–Crippen MR) is 119 cm³/mol. The molecule has 0 spiro atoms. The van der Waals surface area contributed by atoms with Gasteiger partial charge in [-0.2, -0.15) is 26.3 Å². The Kier molecular flexibility index (Phi) is 9.19. The topological polar surface area (TPSA) is 65.1 Å². The summed E-state index contributed by atoms with van der Waals surface area (Å²) >= 11 is 0. The van der Waals surface area contributed by atoms with Gasteiger partial charge in [0.2, 0.25) is 0 Å². The Labute approximate surface area is 208 Å². The van der Waals surface area contributed by atoms with Gasteiger partial charge in [0.25, 0.3) is 0 Å². The van der Waals surface area contributed by atoms with Crippen molar-refractivity contribution in [3.05, 3.63) is 70.8 Å². The molecule has 0 aromatic heterocycles. The van der Waals surface area contributed by atoms with Crippen LogP contribution in [0.2, 0.25) is 0 Å². The first-order valence-corrected chi connectivity index (χ1v) is 11.2. The summed E-state index contributed by atoms with van der Waals surface area (Å²) in [5.41, 5.74) is 1.94. The van der Waals surface area contributed by atoms with Crippen LogP contribution in [0, 0.1) is 0 Å². The molecule has 0 N–H and O–H groups in total. The summed E-state index contributed by atoms with van der Waals surface area (Å²) in [5.74, 6) is -3.04. The van der Waals surface area contributed by atoms with Crippen LogP contribution in [0.25, 0.3) is 6.08 Å². The Bertz CT molecular complexity index is 1110. The summed E-state index contributed by atoms with van der Waals surface area (Å²) in [6.07, 6.45) is -5.52. The van der Waals surface area contributed by atoms with E-state index < -0.39 is 29.9 Å². The minimum absolute atomic E-state index is 0.194. The van der Waals surface area contributed by atoms with Gasteiger partial charge < -0.3 is 4.74 Å². The van der Waals surface area contributed by atoms with Gasteiger partial charge in [-0.25, -0.2) is 19.4 Å². The van der Waals surface area contributed by atoms with Gasteiger partial charge in [0.1, 0.15) is 12.4 Å². The summed E-state index contributed by atoms with van der Waals surface area (Å²) in [7, 11) is 0. The fourth-order valence-electron chi connectivity index (χ4n) is 3.66. The Morgan fingerprint density at radius 3 is 2.38 bits per heavy atom. The molecule has 6 nitrogen and oxygen atoms in total. The van der Waals surface area contributed by atoms with E-state index in [0.717, 1.165) is 29.7 Å². The van der Waals surface area contributed by atoms with Gasteiger partial charge in [0, 0.05) is 18.7 Å². The van der Waals surface area contributed by atoms with Gasteiger partial charge in [-0.15, -0.1) is 0 Å². The minimum atomic E-state index is -5.25. The number of fused-ring (bicyclic) bond motifs is 1. The molecule has 0 aliphatic carbocycles. The number of hydrogen-bond acceptors (Lipinski definition) is 6. The number of carbonyl (C=O) groups excluding carboxylic acids is 2. The monoisotopic (exact) mass is 531 g/mol. The van der Waals surface area contributed by atoms with Gasteiger partial charge in [-0.05, 0) is 54.8 Å². The largest absolute Gasteiger partial charge is 0.495 e. The molecule has 12 heteroatoms. The van der Waals surface area contributed by atoms with Crippen LogP contribution >= 0.6 is 0 Å². The fourth-order valence-corrected chi connectivity index (χ4v) is 3.66. The number of hydrogen-bond donors (Lipinski definition) is 0. The second-order valence-electron chi connectivity index (χ2n) is 8.18. The molecule has 0 atom stereocenters. The number of benzene rings is 2. The van der Waals surface area contributed by atoms with Crippen molar-refractivity contribution in [2.45, 2.75) is 38.2 Å².